The zero-order valence-electron chi connectivity index (χ0n) is 34.6. The van der Waals surface area contributed by atoms with Crippen molar-refractivity contribution in [2.75, 3.05) is 0 Å². The minimum absolute atomic E-state index is 0.590. The lowest BCUT2D eigenvalue weighted by Crippen LogP contribution is -2.00. The highest BCUT2D eigenvalue weighted by Crippen LogP contribution is 2.49. The summed E-state index contributed by atoms with van der Waals surface area (Å²) in [5.74, 6) is 1.82. The van der Waals surface area contributed by atoms with Crippen molar-refractivity contribution in [2.45, 2.75) is 0 Å². The van der Waals surface area contributed by atoms with Gasteiger partial charge in [0.25, 0.3) is 0 Å². The smallest absolute Gasteiger partial charge is 0.164 e. The first-order chi connectivity index (χ1) is 31.7. The van der Waals surface area contributed by atoms with Gasteiger partial charge in [-0.25, -0.2) is 15.0 Å². The Balaban J connectivity index is 0.972. The van der Waals surface area contributed by atoms with Crippen LogP contribution in [0.25, 0.3) is 122 Å². The molecule has 4 heteroatoms. The summed E-state index contributed by atoms with van der Waals surface area (Å²) in [5, 5.41) is 15.0. The molecule has 0 saturated carbocycles. The molecule has 0 amide bonds. The summed E-state index contributed by atoms with van der Waals surface area (Å²) in [6.45, 7) is 0. The third-order valence-electron chi connectivity index (χ3n) is 12.5. The van der Waals surface area contributed by atoms with Gasteiger partial charge in [-0.15, -0.1) is 0 Å². The van der Waals surface area contributed by atoms with Crippen molar-refractivity contribution in [3.63, 3.8) is 0 Å². The van der Waals surface area contributed by atoms with Gasteiger partial charge in [0.1, 0.15) is 0 Å². The lowest BCUT2D eigenvalue weighted by molar-refractivity contribution is 1.08. The van der Waals surface area contributed by atoms with E-state index in [2.05, 4.69) is 182 Å². The Morgan fingerprint density at radius 3 is 1.58 bits per heavy atom. The standard InChI is InChI=1S/C60H36N4/c61-37-38-30-31-49(42-19-10-18-41(33-42)46-35-44-21-13-28-53-51-26-8-9-27-52(51)56(36-46)57(44)53)55(32-38)50-25-7-6-24-48(50)43-20-11-22-45(34-43)59-62-58(40-15-2-1-3-16-40)63-60(64-59)54-29-12-17-39-14-4-5-23-47(39)54/h1-36H. The van der Waals surface area contributed by atoms with E-state index in [4.69, 9.17) is 15.0 Å². The van der Waals surface area contributed by atoms with Gasteiger partial charge in [-0.3, -0.25) is 0 Å². The lowest BCUT2D eigenvalue weighted by atomic mass is 9.87. The molecule has 11 aromatic rings. The molecule has 4 nitrogen and oxygen atoms in total. The summed E-state index contributed by atoms with van der Waals surface area (Å²) in [6.07, 6.45) is 0. The topological polar surface area (TPSA) is 62.5 Å². The molecule has 0 N–H and O–H groups in total. The number of nitrogens with zero attached hydrogens (tertiary/aromatic N) is 4. The Labute approximate surface area is 371 Å². The van der Waals surface area contributed by atoms with E-state index >= 15 is 0 Å². The molecule has 0 radical (unpaired) electrons. The second-order valence-electron chi connectivity index (χ2n) is 16.3. The number of rotatable bonds is 7. The molecule has 0 aliphatic heterocycles. The normalized spacial score (nSPS) is 11.4. The van der Waals surface area contributed by atoms with Gasteiger partial charge in [0.15, 0.2) is 17.5 Å². The fourth-order valence-corrected chi connectivity index (χ4v) is 9.50. The molecule has 1 aromatic heterocycles. The highest BCUT2D eigenvalue weighted by Gasteiger charge is 2.22. The molecule has 0 atom stereocenters. The number of fused-ring (bicyclic) bond motifs is 4. The number of benzene rings is 10. The first-order valence-corrected chi connectivity index (χ1v) is 21.5. The maximum atomic E-state index is 10.2. The average molecular weight is 813 g/mol. The highest BCUT2D eigenvalue weighted by molar-refractivity contribution is 6.16. The summed E-state index contributed by atoms with van der Waals surface area (Å²) in [4.78, 5) is 15.3. The first kappa shape index (κ1) is 37.0. The summed E-state index contributed by atoms with van der Waals surface area (Å²) in [6, 6.07) is 78.8. The molecule has 0 saturated heterocycles. The van der Waals surface area contributed by atoms with Gasteiger partial charge in [0, 0.05) is 16.7 Å². The van der Waals surface area contributed by atoms with Crippen LogP contribution in [0.1, 0.15) is 5.56 Å². The van der Waals surface area contributed by atoms with Gasteiger partial charge in [0.05, 0.1) is 11.6 Å². The van der Waals surface area contributed by atoms with Crippen LogP contribution in [0.4, 0.5) is 0 Å². The van der Waals surface area contributed by atoms with Gasteiger partial charge in [-0.2, -0.15) is 5.26 Å². The van der Waals surface area contributed by atoms with Crippen LogP contribution < -0.4 is 0 Å². The molecule has 64 heavy (non-hydrogen) atoms. The van der Waals surface area contributed by atoms with Gasteiger partial charge in [0.2, 0.25) is 0 Å². The van der Waals surface area contributed by atoms with E-state index in [-0.39, 0.29) is 0 Å². The molecule has 0 fully saturated rings. The molecule has 1 heterocycles. The van der Waals surface area contributed by atoms with Crippen LogP contribution in [0.15, 0.2) is 218 Å². The van der Waals surface area contributed by atoms with E-state index in [0.717, 1.165) is 66.4 Å². The minimum atomic E-state index is 0.590. The Bertz CT molecular complexity index is 3690. The monoisotopic (exact) mass is 812 g/mol. The third kappa shape index (κ3) is 6.35. The van der Waals surface area contributed by atoms with Crippen molar-refractivity contribution < 1.29 is 0 Å². The van der Waals surface area contributed by atoms with Crippen molar-refractivity contribution in [1.82, 2.24) is 15.0 Å². The van der Waals surface area contributed by atoms with Crippen molar-refractivity contribution in [3.05, 3.63) is 224 Å². The third-order valence-corrected chi connectivity index (χ3v) is 12.5. The highest BCUT2D eigenvalue weighted by atomic mass is 15.0. The van der Waals surface area contributed by atoms with Crippen LogP contribution in [0.5, 0.6) is 0 Å². The summed E-state index contributed by atoms with van der Waals surface area (Å²) >= 11 is 0. The van der Waals surface area contributed by atoms with E-state index in [1.165, 1.54) is 38.6 Å². The van der Waals surface area contributed by atoms with Crippen LogP contribution in [0, 0.1) is 11.3 Å². The number of aromatic nitrogens is 3. The van der Waals surface area contributed by atoms with Gasteiger partial charge < -0.3 is 0 Å². The van der Waals surface area contributed by atoms with Crippen LogP contribution >= 0.6 is 0 Å². The Morgan fingerprint density at radius 2 is 0.797 bits per heavy atom. The minimum Gasteiger partial charge on any atom is -0.208 e. The van der Waals surface area contributed by atoms with Crippen molar-refractivity contribution in [3.8, 4) is 107 Å². The largest absolute Gasteiger partial charge is 0.208 e. The Kier molecular flexibility index (Phi) is 8.84. The summed E-state index contributed by atoms with van der Waals surface area (Å²) in [7, 11) is 0. The molecule has 296 valence electrons. The zero-order valence-corrected chi connectivity index (χ0v) is 34.6. The van der Waals surface area contributed by atoms with Crippen molar-refractivity contribution in [1.29, 1.82) is 5.26 Å². The van der Waals surface area contributed by atoms with E-state index in [1.54, 1.807) is 0 Å². The molecule has 1 aliphatic carbocycles. The van der Waals surface area contributed by atoms with Crippen LogP contribution in [0.2, 0.25) is 0 Å². The van der Waals surface area contributed by atoms with E-state index in [1.807, 2.05) is 42.5 Å². The van der Waals surface area contributed by atoms with Crippen molar-refractivity contribution in [2.24, 2.45) is 0 Å². The molecule has 0 unspecified atom stereocenters. The predicted octanol–water partition coefficient (Wildman–Crippen LogP) is 15.4. The summed E-state index contributed by atoms with van der Waals surface area (Å²) in [5.41, 5.74) is 17.0. The predicted molar refractivity (Wildman–Crippen MR) is 262 cm³/mol. The van der Waals surface area contributed by atoms with Gasteiger partial charge >= 0.3 is 0 Å². The molecular weight excluding hydrogens is 777 g/mol. The Hall–Kier alpha value is -8.78. The summed E-state index contributed by atoms with van der Waals surface area (Å²) < 4.78 is 0. The van der Waals surface area contributed by atoms with Crippen molar-refractivity contribution >= 4 is 21.5 Å². The second kappa shape index (κ2) is 15.3. The number of nitriles is 1. The molecular formula is C60H36N4. The fourth-order valence-electron chi connectivity index (χ4n) is 9.50. The molecule has 10 aromatic carbocycles. The van der Waals surface area contributed by atoms with E-state index < -0.39 is 0 Å². The van der Waals surface area contributed by atoms with E-state index in [0.29, 0.717) is 23.0 Å². The first-order valence-electron chi connectivity index (χ1n) is 21.5. The molecule has 0 bridgehead atoms. The van der Waals surface area contributed by atoms with Gasteiger partial charge in [-0.05, 0) is 125 Å². The molecule has 1 aliphatic rings. The van der Waals surface area contributed by atoms with E-state index in [9.17, 15) is 5.26 Å². The maximum absolute atomic E-state index is 10.2. The maximum Gasteiger partial charge on any atom is 0.164 e. The average Bonchev–Trinajstić information content (AvgIpc) is 3.70. The Morgan fingerprint density at radius 1 is 0.281 bits per heavy atom. The zero-order chi connectivity index (χ0) is 42.6. The fraction of sp³-hybridized carbons (Fsp3) is 0. The lowest BCUT2D eigenvalue weighted by Gasteiger charge is -2.17. The second-order valence-corrected chi connectivity index (χ2v) is 16.3. The van der Waals surface area contributed by atoms with Crippen LogP contribution in [-0.4, -0.2) is 15.0 Å². The quantitative estimate of drug-likeness (QED) is 0.161. The number of hydrogen-bond acceptors (Lipinski definition) is 4. The van der Waals surface area contributed by atoms with Crippen LogP contribution in [-0.2, 0) is 0 Å². The van der Waals surface area contributed by atoms with Gasteiger partial charge in [-0.1, -0.05) is 182 Å². The van der Waals surface area contributed by atoms with Crippen LogP contribution in [0.3, 0.4) is 0 Å². The number of hydrogen-bond donors (Lipinski definition) is 0. The SMILES string of the molecule is N#Cc1ccc(-c2cccc(-c3cc4c5c(cccc5c3)-c3ccccc3-4)c2)c(-c2ccccc2-c2cccc(-c3nc(-c4ccccc4)nc(-c4cccc5ccccc45)n3)c2)c1. The molecule has 12 rings (SSSR count). The molecule has 0 spiro atoms.